The van der Waals surface area contributed by atoms with Gasteiger partial charge in [-0.1, -0.05) is 31.2 Å². The first-order valence-corrected chi connectivity index (χ1v) is 9.92. The number of benzene rings is 2. The van der Waals surface area contributed by atoms with Gasteiger partial charge in [-0.2, -0.15) is 5.10 Å². The maximum Gasteiger partial charge on any atom is 0.276 e. The Kier molecular flexibility index (Phi) is 6.92. The first-order chi connectivity index (χ1) is 14.9. The fraction of sp³-hybridized carbons (Fsp3) is 0.217. The van der Waals surface area contributed by atoms with Crippen LogP contribution in [-0.2, 0) is 11.3 Å². The first kappa shape index (κ1) is 21.9. The van der Waals surface area contributed by atoms with Gasteiger partial charge in [-0.05, 0) is 43.2 Å². The van der Waals surface area contributed by atoms with Crippen LogP contribution in [-0.4, -0.2) is 21.6 Å². The normalized spacial score (nSPS) is 10.5. The summed E-state index contributed by atoms with van der Waals surface area (Å²) in [5.74, 6) is -1.23. The van der Waals surface area contributed by atoms with Gasteiger partial charge in [0, 0.05) is 30.4 Å². The molecule has 8 heteroatoms. The number of hydrogen-bond acceptors (Lipinski definition) is 4. The lowest BCUT2D eigenvalue weighted by molar-refractivity contribution is -0.116. The molecule has 0 atom stereocenters. The summed E-state index contributed by atoms with van der Waals surface area (Å²) in [5.41, 5.74) is 1.14. The number of anilines is 1. The molecule has 160 valence electrons. The van der Waals surface area contributed by atoms with Crippen LogP contribution >= 0.6 is 0 Å². The summed E-state index contributed by atoms with van der Waals surface area (Å²) in [5, 5.41) is 9.53. The summed E-state index contributed by atoms with van der Waals surface area (Å²) in [7, 11) is 0. The van der Waals surface area contributed by atoms with Gasteiger partial charge in [0.25, 0.3) is 5.91 Å². The van der Waals surface area contributed by atoms with E-state index in [1.165, 1.54) is 22.9 Å². The summed E-state index contributed by atoms with van der Waals surface area (Å²) in [4.78, 5) is 36.5. The Bertz CT molecular complexity index is 1160. The van der Waals surface area contributed by atoms with Gasteiger partial charge in [0.15, 0.2) is 5.69 Å². The average molecular weight is 422 g/mol. The van der Waals surface area contributed by atoms with E-state index < -0.39 is 17.2 Å². The van der Waals surface area contributed by atoms with Crippen LogP contribution < -0.4 is 16.1 Å². The largest absolute Gasteiger partial charge is 0.346 e. The van der Waals surface area contributed by atoms with Gasteiger partial charge >= 0.3 is 0 Å². The Morgan fingerprint density at radius 1 is 1.10 bits per heavy atom. The molecule has 0 fully saturated rings. The third kappa shape index (κ3) is 5.42. The lowest BCUT2D eigenvalue weighted by atomic mass is 10.2. The zero-order valence-electron chi connectivity index (χ0n) is 17.3. The third-order valence-electron chi connectivity index (χ3n) is 4.57. The number of aryl methyl sites for hydroxylation is 1. The second-order valence-electron chi connectivity index (χ2n) is 7.04. The van der Waals surface area contributed by atoms with Crippen LogP contribution in [0.15, 0.2) is 59.4 Å². The zero-order chi connectivity index (χ0) is 22.4. The molecule has 1 heterocycles. The molecule has 2 aromatic carbocycles. The minimum absolute atomic E-state index is 0.0554. The first-order valence-electron chi connectivity index (χ1n) is 9.92. The maximum atomic E-state index is 14.1. The number of para-hydroxylation sites is 1. The summed E-state index contributed by atoms with van der Waals surface area (Å²) in [6, 6.07) is 14.3. The molecule has 0 aliphatic carbocycles. The molecule has 0 saturated carbocycles. The zero-order valence-corrected chi connectivity index (χ0v) is 17.3. The van der Waals surface area contributed by atoms with Crippen LogP contribution in [0.5, 0.6) is 0 Å². The Labute approximate surface area is 178 Å². The van der Waals surface area contributed by atoms with E-state index in [4.69, 9.17) is 0 Å². The molecule has 2 N–H and O–H groups in total. The molecule has 0 saturated heterocycles. The number of amides is 2. The number of hydrogen-bond donors (Lipinski definition) is 2. The molecular formula is C23H23FN4O3. The smallest absolute Gasteiger partial charge is 0.276 e. The SMILES string of the molecule is CCCC(=O)Nc1ccc(CNC(=O)c2nn(-c3ccccc3F)c(C)cc2=O)cc1. The van der Waals surface area contributed by atoms with Crippen molar-refractivity contribution in [1.82, 2.24) is 15.1 Å². The molecule has 7 nitrogen and oxygen atoms in total. The minimum Gasteiger partial charge on any atom is -0.346 e. The van der Waals surface area contributed by atoms with Gasteiger partial charge in [0.2, 0.25) is 11.3 Å². The molecule has 0 aliphatic heterocycles. The van der Waals surface area contributed by atoms with Crippen molar-refractivity contribution in [3.05, 3.63) is 87.6 Å². The molecule has 3 aromatic rings. The highest BCUT2D eigenvalue weighted by atomic mass is 19.1. The van der Waals surface area contributed by atoms with Crippen LogP contribution in [0.4, 0.5) is 10.1 Å². The quantitative estimate of drug-likeness (QED) is 0.611. The molecule has 0 radical (unpaired) electrons. The predicted molar refractivity (Wildman–Crippen MR) is 116 cm³/mol. The molecule has 31 heavy (non-hydrogen) atoms. The topological polar surface area (TPSA) is 93.1 Å². The van der Waals surface area contributed by atoms with Crippen LogP contribution in [0.1, 0.15) is 41.5 Å². The Morgan fingerprint density at radius 3 is 2.48 bits per heavy atom. The molecular weight excluding hydrogens is 399 g/mol. The third-order valence-corrected chi connectivity index (χ3v) is 4.57. The van der Waals surface area contributed by atoms with Crippen molar-refractivity contribution in [1.29, 1.82) is 0 Å². The average Bonchev–Trinajstić information content (AvgIpc) is 2.74. The molecule has 0 spiro atoms. The molecule has 1 aromatic heterocycles. The fourth-order valence-corrected chi connectivity index (χ4v) is 2.99. The highest BCUT2D eigenvalue weighted by molar-refractivity contribution is 5.92. The number of carbonyl (C=O) groups excluding carboxylic acids is 2. The van der Waals surface area contributed by atoms with Crippen LogP contribution in [0.25, 0.3) is 5.69 Å². The number of halogens is 1. The number of nitrogens with zero attached hydrogens (tertiary/aromatic N) is 2. The van der Waals surface area contributed by atoms with Gasteiger partial charge in [-0.25, -0.2) is 9.07 Å². The number of carbonyl (C=O) groups is 2. The van der Waals surface area contributed by atoms with Crippen LogP contribution in [0.2, 0.25) is 0 Å². The Morgan fingerprint density at radius 2 is 1.81 bits per heavy atom. The number of rotatable bonds is 7. The van der Waals surface area contributed by atoms with Gasteiger partial charge in [-0.15, -0.1) is 0 Å². The van der Waals surface area contributed by atoms with Gasteiger partial charge in [0.1, 0.15) is 11.5 Å². The lowest BCUT2D eigenvalue weighted by Crippen LogP contribution is -2.31. The van der Waals surface area contributed by atoms with E-state index in [-0.39, 0.29) is 23.8 Å². The maximum absolute atomic E-state index is 14.1. The summed E-state index contributed by atoms with van der Waals surface area (Å²) in [6.07, 6.45) is 1.22. The van der Waals surface area contributed by atoms with Crippen molar-refractivity contribution in [2.24, 2.45) is 0 Å². The molecule has 3 rings (SSSR count). The Balaban J connectivity index is 1.72. The Hall–Kier alpha value is -3.81. The molecule has 0 bridgehead atoms. The highest BCUT2D eigenvalue weighted by Gasteiger charge is 2.16. The van der Waals surface area contributed by atoms with E-state index >= 15 is 0 Å². The highest BCUT2D eigenvalue weighted by Crippen LogP contribution is 2.13. The lowest BCUT2D eigenvalue weighted by Gasteiger charge is -2.12. The van der Waals surface area contributed by atoms with Crippen molar-refractivity contribution >= 4 is 17.5 Å². The number of aromatic nitrogens is 2. The van der Waals surface area contributed by atoms with Crippen LogP contribution in [0.3, 0.4) is 0 Å². The van der Waals surface area contributed by atoms with E-state index in [0.717, 1.165) is 12.0 Å². The standard InChI is InChI=1S/C23H23FN4O3/c1-3-6-21(30)26-17-11-9-16(10-12-17)14-25-23(31)22-20(29)13-15(2)28(27-22)19-8-5-4-7-18(19)24/h4-5,7-13H,3,6,14H2,1-2H3,(H,25,31)(H,26,30). The van der Waals surface area contributed by atoms with Crippen molar-refractivity contribution < 1.29 is 14.0 Å². The second-order valence-corrected chi connectivity index (χ2v) is 7.04. The van der Waals surface area contributed by atoms with Crippen LogP contribution in [0, 0.1) is 12.7 Å². The summed E-state index contributed by atoms with van der Waals surface area (Å²) < 4.78 is 15.4. The fourth-order valence-electron chi connectivity index (χ4n) is 2.99. The van der Waals surface area contributed by atoms with Crippen molar-refractivity contribution in [2.75, 3.05) is 5.32 Å². The summed E-state index contributed by atoms with van der Waals surface area (Å²) in [6.45, 7) is 3.71. The van der Waals surface area contributed by atoms with E-state index in [2.05, 4.69) is 15.7 Å². The van der Waals surface area contributed by atoms with Gasteiger partial charge < -0.3 is 10.6 Å². The van der Waals surface area contributed by atoms with Crippen molar-refractivity contribution in [3.8, 4) is 5.69 Å². The van der Waals surface area contributed by atoms with E-state index in [1.54, 1.807) is 43.3 Å². The van der Waals surface area contributed by atoms with Crippen molar-refractivity contribution in [3.63, 3.8) is 0 Å². The van der Waals surface area contributed by atoms with E-state index in [1.807, 2.05) is 6.92 Å². The molecule has 0 unspecified atom stereocenters. The summed E-state index contributed by atoms with van der Waals surface area (Å²) >= 11 is 0. The van der Waals surface area contributed by atoms with E-state index in [9.17, 15) is 18.8 Å². The monoisotopic (exact) mass is 422 g/mol. The van der Waals surface area contributed by atoms with Gasteiger partial charge in [0.05, 0.1) is 0 Å². The van der Waals surface area contributed by atoms with Gasteiger partial charge in [-0.3, -0.25) is 14.4 Å². The van der Waals surface area contributed by atoms with E-state index in [0.29, 0.717) is 17.8 Å². The number of nitrogens with one attached hydrogen (secondary N) is 2. The second kappa shape index (κ2) is 9.80. The van der Waals surface area contributed by atoms with Crippen molar-refractivity contribution in [2.45, 2.75) is 33.2 Å². The predicted octanol–water partition coefficient (Wildman–Crippen LogP) is 3.35. The molecule has 2 amide bonds. The molecule has 0 aliphatic rings. The minimum atomic E-state index is -0.657.